The first-order valence-electron chi connectivity index (χ1n) is 5.64. The van der Waals surface area contributed by atoms with Crippen LogP contribution in [0.25, 0.3) is 0 Å². The fraction of sp³-hybridized carbons (Fsp3) is 0.750. The highest BCUT2D eigenvalue weighted by molar-refractivity contribution is 5.81. The van der Waals surface area contributed by atoms with Crippen molar-refractivity contribution in [2.24, 2.45) is 0 Å². The number of hydrogen-bond acceptors (Lipinski definition) is 2. The normalized spacial score (nSPS) is 10.7. The first-order valence-corrected chi connectivity index (χ1v) is 5.64. The maximum absolute atomic E-state index is 11.0. The molecule has 14 heavy (non-hydrogen) atoms. The second kappa shape index (κ2) is 10.3. The van der Waals surface area contributed by atoms with E-state index in [0.29, 0.717) is 6.61 Å². The molecule has 2 heteroatoms. The Balaban J connectivity index is 3.26. The molecule has 0 radical (unpaired) electrons. The first kappa shape index (κ1) is 13.2. The molecule has 0 spiro atoms. The summed E-state index contributed by atoms with van der Waals surface area (Å²) >= 11 is 0. The van der Waals surface area contributed by atoms with Gasteiger partial charge in [-0.15, -0.1) is 0 Å². The molecule has 0 aromatic carbocycles. The van der Waals surface area contributed by atoms with Crippen LogP contribution < -0.4 is 0 Å². The Morgan fingerprint density at radius 3 is 2.57 bits per heavy atom. The summed E-state index contributed by atoms with van der Waals surface area (Å²) in [5.74, 6) is -0.199. The predicted octanol–water partition coefficient (Wildman–Crippen LogP) is 3.47. The highest BCUT2D eigenvalue weighted by Gasteiger charge is 1.95. The van der Waals surface area contributed by atoms with Crippen molar-refractivity contribution in [3.63, 3.8) is 0 Å². The molecule has 0 aromatic heterocycles. The van der Waals surface area contributed by atoms with Gasteiger partial charge in [-0.05, 0) is 12.8 Å². The Labute approximate surface area is 87.3 Å². The standard InChI is InChI=1S/C12H22O2/c1-3-5-7-9-11-14-12(13)10-8-6-4-2/h8,10H,3-7,9,11H2,1-2H3. The van der Waals surface area contributed by atoms with Crippen molar-refractivity contribution in [1.82, 2.24) is 0 Å². The van der Waals surface area contributed by atoms with Crippen molar-refractivity contribution in [2.75, 3.05) is 6.61 Å². The van der Waals surface area contributed by atoms with Crippen molar-refractivity contribution in [3.8, 4) is 0 Å². The molecule has 0 aliphatic heterocycles. The van der Waals surface area contributed by atoms with Gasteiger partial charge in [0.25, 0.3) is 0 Å². The average Bonchev–Trinajstić information content (AvgIpc) is 2.18. The van der Waals surface area contributed by atoms with Crippen LogP contribution in [0.2, 0.25) is 0 Å². The molecule has 0 aliphatic rings. The van der Waals surface area contributed by atoms with Gasteiger partial charge in [0.2, 0.25) is 0 Å². The molecule has 0 heterocycles. The molecule has 0 unspecified atom stereocenters. The zero-order chi connectivity index (χ0) is 10.6. The van der Waals surface area contributed by atoms with Gasteiger partial charge >= 0.3 is 5.97 Å². The van der Waals surface area contributed by atoms with E-state index in [1.807, 2.05) is 6.08 Å². The molecule has 0 saturated heterocycles. The van der Waals surface area contributed by atoms with E-state index in [9.17, 15) is 4.79 Å². The van der Waals surface area contributed by atoms with Gasteiger partial charge in [-0.1, -0.05) is 45.6 Å². The highest BCUT2D eigenvalue weighted by Crippen LogP contribution is 1.99. The highest BCUT2D eigenvalue weighted by atomic mass is 16.5. The molecular formula is C12H22O2. The molecule has 0 aromatic rings. The van der Waals surface area contributed by atoms with Crippen molar-refractivity contribution in [3.05, 3.63) is 12.2 Å². The van der Waals surface area contributed by atoms with E-state index in [1.165, 1.54) is 18.9 Å². The van der Waals surface area contributed by atoms with Gasteiger partial charge < -0.3 is 4.74 Å². The third kappa shape index (κ3) is 9.30. The SMILES string of the molecule is CCCC=CC(=O)OCCCCCC. The lowest BCUT2D eigenvalue weighted by Gasteiger charge is -2.00. The lowest BCUT2D eigenvalue weighted by atomic mass is 10.2. The van der Waals surface area contributed by atoms with Gasteiger partial charge in [0, 0.05) is 6.08 Å². The maximum atomic E-state index is 11.0. The summed E-state index contributed by atoms with van der Waals surface area (Å²) in [5.41, 5.74) is 0. The van der Waals surface area contributed by atoms with Gasteiger partial charge in [0.1, 0.15) is 0 Å². The Hall–Kier alpha value is -0.790. The zero-order valence-electron chi connectivity index (χ0n) is 9.42. The van der Waals surface area contributed by atoms with Crippen LogP contribution in [0.1, 0.15) is 52.4 Å². The number of carbonyl (C=O) groups is 1. The van der Waals surface area contributed by atoms with E-state index in [0.717, 1.165) is 25.7 Å². The van der Waals surface area contributed by atoms with Crippen molar-refractivity contribution >= 4 is 5.97 Å². The third-order valence-corrected chi connectivity index (χ3v) is 1.95. The molecular weight excluding hydrogens is 176 g/mol. The van der Waals surface area contributed by atoms with Crippen LogP contribution in [0.4, 0.5) is 0 Å². The molecule has 0 saturated carbocycles. The molecule has 0 fully saturated rings. The minimum Gasteiger partial charge on any atom is -0.463 e. The van der Waals surface area contributed by atoms with Crippen LogP contribution in [-0.4, -0.2) is 12.6 Å². The monoisotopic (exact) mass is 198 g/mol. The van der Waals surface area contributed by atoms with Crippen LogP contribution in [0.15, 0.2) is 12.2 Å². The van der Waals surface area contributed by atoms with Gasteiger partial charge in [-0.25, -0.2) is 4.79 Å². The number of unbranched alkanes of at least 4 members (excludes halogenated alkanes) is 4. The summed E-state index contributed by atoms with van der Waals surface area (Å²) in [6.45, 7) is 4.81. The summed E-state index contributed by atoms with van der Waals surface area (Å²) in [7, 11) is 0. The molecule has 0 aliphatic carbocycles. The Morgan fingerprint density at radius 1 is 1.14 bits per heavy atom. The van der Waals surface area contributed by atoms with E-state index in [2.05, 4.69) is 13.8 Å². The van der Waals surface area contributed by atoms with Crippen LogP contribution in [0.3, 0.4) is 0 Å². The minimum atomic E-state index is -0.199. The summed E-state index contributed by atoms with van der Waals surface area (Å²) in [6, 6.07) is 0. The predicted molar refractivity (Wildman–Crippen MR) is 59.1 cm³/mol. The quantitative estimate of drug-likeness (QED) is 0.339. The maximum Gasteiger partial charge on any atom is 0.330 e. The van der Waals surface area contributed by atoms with Crippen LogP contribution in [-0.2, 0) is 9.53 Å². The molecule has 82 valence electrons. The molecule has 0 bridgehead atoms. The number of allylic oxidation sites excluding steroid dienone is 1. The third-order valence-electron chi connectivity index (χ3n) is 1.95. The Morgan fingerprint density at radius 2 is 1.93 bits per heavy atom. The zero-order valence-corrected chi connectivity index (χ0v) is 9.42. The summed E-state index contributed by atoms with van der Waals surface area (Å²) < 4.78 is 5.01. The molecule has 0 rings (SSSR count). The van der Waals surface area contributed by atoms with Gasteiger partial charge in [0.15, 0.2) is 0 Å². The molecule has 0 amide bonds. The topological polar surface area (TPSA) is 26.3 Å². The summed E-state index contributed by atoms with van der Waals surface area (Å²) in [6.07, 6.45) is 10.0. The number of ether oxygens (including phenoxy) is 1. The minimum absolute atomic E-state index is 0.199. The largest absolute Gasteiger partial charge is 0.463 e. The van der Waals surface area contributed by atoms with Crippen LogP contribution in [0, 0.1) is 0 Å². The number of hydrogen-bond donors (Lipinski definition) is 0. The van der Waals surface area contributed by atoms with E-state index in [4.69, 9.17) is 4.74 Å². The van der Waals surface area contributed by atoms with Gasteiger partial charge in [0.05, 0.1) is 6.61 Å². The van der Waals surface area contributed by atoms with E-state index in [-0.39, 0.29) is 5.97 Å². The second-order valence-corrected chi connectivity index (χ2v) is 3.42. The van der Waals surface area contributed by atoms with Crippen LogP contribution >= 0.6 is 0 Å². The van der Waals surface area contributed by atoms with E-state index in [1.54, 1.807) is 0 Å². The summed E-state index contributed by atoms with van der Waals surface area (Å²) in [4.78, 5) is 11.0. The van der Waals surface area contributed by atoms with Crippen molar-refractivity contribution in [2.45, 2.75) is 52.4 Å². The number of rotatable bonds is 8. The van der Waals surface area contributed by atoms with E-state index >= 15 is 0 Å². The lowest BCUT2D eigenvalue weighted by molar-refractivity contribution is -0.137. The second-order valence-electron chi connectivity index (χ2n) is 3.42. The van der Waals surface area contributed by atoms with Gasteiger partial charge in [-0.2, -0.15) is 0 Å². The van der Waals surface area contributed by atoms with E-state index < -0.39 is 0 Å². The van der Waals surface area contributed by atoms with Crippen molar-refractivity contribution < 1.29 is 9.53 Å². The molecule has 0 N–H and O–H groups in total. The lowest BCUT2D eigenvalue weighted by Crippen LogP contribution is -2.02. The number of esters is 1. The smallest absolute Gasteiger partial charge is 0.330 e. The molecule has 2 nitrogen and oxygen atoms in total. The Bertz CT molecular complexity index is 162. The Kier molecular flexibility index (Phi) is 9.71. The average molecular weight is 198 g/mol. The first-order chi connectivity index (χ1) is 6.81. The summed E-state index contributed by atoms with van der Waals surface area (Å²) in [5, 5.41) is 0. The fourth-order valence-electron chi connectivity index (χ4n) is 1.10. The number of carbonyl (C=O) groups excluding carboxylic acids is 1. The van der Waals surface area contributed by atoms with Gasteiger partial charge in [-0.3, -0.25) is 0 Å². The molecule has 0 atom stereocenters. The van der Waals surface area contributed by atoms with Crippen molar-refractivity contribution in [1.29, 1.82) is 0 Å². The fourth-order valence-corrected chi connectivity index (χ4v) is 1.10. The van der Waals surface area contributed by atoms with Crippen LogP contribution in [0.5, 0.6) is 0 Å².